The number of pyridine rings is 2. The number of imidazole rings is 1. The maximum atomic E-state index is 15.6. The average molecular weight is 682 g/mol. The lowest BCUT2D eigenvalue weighted by molar-refractivity contribution is -0.0589. The van der Waals surface area contributed by atoms with Crippen LogP contribution in [0, 0.1) is 36.2 Å². The van der Waals surface area contributed by atoms with Gasteiger partial charge in [0, 0.05) is 41.8 Å². The molecule has 4 aromatic heterocycles. The Hall–Kier alpha value is -5.58. The zero-order valence-electron chi connectivity index (χ0n) is 25.9. The summed E-state index contributed by atoms with van der Waals surface area (Å²) >= 11 is 1.47. The third-order valence-corrected chi connectivity index (χ3v) is 8.74. The smallest absolute Gasteiger partial charge is 0.335 e. The van der Waals surface area contributed by atoms with Crippen LogP contribution in [-0.4, -0.2) is 48.3 Å². The minimum atomic E-state index is -1.08. The quantitative estimate of drug-likeness (QED) is 0.167. The van der Waals surface area contributed by atoms with Crippen LogP contribution in [0.25, 0.3) is 22.3 Å². The number of halogens is 3. The van der Waals surface area contributed by atoms with Gasteiger partial charge < -0.3 is 19.1 Å². The average Bonchev–Trinajstić information content (AvgIpc) is 3.64. The van der Waals surface area contributed by atoms with Gasteiger partial charge in [0.15, 0.2) is 0 Å². The normalized spacial score (nSPS) is 13.9. The Morgan fingerprint density at radius 3 is 2.65 bits per heavy atom. The van der Waals surface area contributed by atoms with E-state index in [1.165, 1.54) is 47.9 Å². The first-order valence-electron chi connectivity index (χ1n) is 15.2. The largest absolute Gasteiger partial charge is 0.478 e. The van der Waals surface area contributed by atoms with Crippen LogP contribution in [0.15, 0.2) is 66.2 Å². The van der Waals surface area contributed by atoms with Crippen LogP contribution in [0.4, 0.5) is 13.2 Å². The third kappa shape index (κ3) is 7.01. The standard InChI is InChI=1S/C36H26F3N5O4S/c1-20-41-24(19-49-20)7-5-21-11-29(39)32(40-16-21)18-48-35-4-2-3-30(43-35)26-15-27(37)23(12-28(26)38)14-34-42-31-8-6-22(36(45)46)13-33(31)44(34)17-25-9-10-47-25/h2-4,6,8,11-13,15-16,19,25H,9-10,14,17-18H2,1H3,(H,45,46)/t25-/m0/s1. The van der Waals surface area contributed by atoms with Crippen molar-refractivity contribution in [3.05, 3.63) is 123 Å². The van der Waals surface area contributed by atoms with Crippen LogP contribution in [0.3, 0.4) is 0 Å². The van der Waals surface area contributed by atoms with Gasteiger partial charge in [0.1, 0.15) is 41.3 Å². The van der Waals surface area contributed by atoms with E-state index < -0.39 is 23.4 Å². The van der Waals surface area contributed by atoms with Crippen molar-refractivity contribution in [3.8, 4) is 29.0 Å². The van der Waals surface area contributed by atoms with Crippen molar-refractivity contribution < 1.29 is 32.5 Å². The highest BCUT2D eigenvalue weighted by Crippen LogP contribution is 2.29. The Morgan fingerprint density at radius 2 is 1.92 bits per heavy atom. The SMILES string of the molecule is Cc1nc(C#Cc2cnc(COc3cccc(-c4cc(F)c(Cc5nc6ccc(C(=O)O)cc6n5C[C@@H]5CCO5)cc4F)n3)c(F)c2)cs1. The second kappa shape index (κ2) is 13.5. The predicted molar refractivity (Wildman–Crippen MR) is 175 cm³/mol. The molecule has 13 heteroatoms. The lowest BCUT2D eigenvalue weighted by atomic mass is 10.0. The highest BCUT2D eigenvalue weighted by molar-refractivity contribution is 7.09. The number of aromatic carboxylic acids is 1. The summed E-state index contributed by atoms with van der Waals surface area (Å²) < 4.78 is 58.9. The summed E-state index contributed by atoms with van der Waals surface area (Å²) in [5.74, 6) is 3.15. The van der Waals surface area contributed by atoms with Crippen molar-refractivity contribution in [1.29, 1.82) is 0 Å². The molecule has 9 nitrogen and oxygen atoms in total. The first kappa shape index (κ1) is 32.0. The number of ether oxygens (including phenoxy) is 2. The molecule has 2 aromatic carbocycles. The van der Waals surface area contributed by atoms with E-state index in [1.54, 1.807) is 16.7 Å². The van der Waals surface area contributed by atoms with Crippen LogP contribution in [-0.2, 0) is 24.3 Å². The van der Waals surface area contributed by atoms with Gasteiger partial charge >= 0.3 is 5.97 Å². The number of rotatable bonds is 9. The van der Waals surface area contributed by atoms with Crippen LogP contribution >= 0.6 is 11.3 Å². The summed E-state index contributed by atoms with van der Waals surface area (Å²) in [6, 6.07) is 12.6. The number of thiazole rings is 1. The van der Waals surface area contributed by atoms with E-state index in [4.69, 9.17) is 9.47 Å². The van der Waals surface area contributed by atoms with Crippen molar-refractivity contribution >= 4 is 28.3 Å². The Kier molecular flexibility index (Phi) is 8.81. The molecule has 1 N–H and O–H groups in total. The fourth-order valence-electron chi connectivity index (χ4n) is 5.35. The van der Waals surface area contributed by atoms with Gasteiger partial charge in [-0.05, 0) is 67.3 Å². The Labute approximate surface area is 282 Å². The second-order valence-corrected chi connectivity index (χ2v) is 12.4. The summed E-state index contributed by atoms with van der Waals surface area (Å²) in [6.45, 7) is 2.65. The van der Waals surface area contributed by atoms with E-state index in [0.29, 0.717) is 41.3 Å². The number of aryl methyl sites for hydroxylation is 1. The van der Waals surface area contributed by atoms with Gasteiger partial charge in [-0.15, -0.1) is 11.3 Å². The minimum Gasteiger partial charge on any atom is -0.478 e. The summed E-state index contributed by atoms with van der Waals surface area (Å²) in [5.41, 5.74) is 2.31. The number of nitrogens with zero attached hydrogens (tertiary/aromatic N) is 5. The van der Waals surface area contributed by atoms with Crippen LogP contribution < -0.4 is 4.74 Å². The predicted octanol–water partition coefficient (Wildman–Crippen LogP) is 6.73. The molecular weight excluding hydrogens is 655 g/mol. The highest BCUT2D eigenvalue weighted by atomic mass is 32.1. The number of aromatic nitrogens is 5. The molecule has 1 aliphatic heterocycles. The van der Waals surface area contributed by atoms with E-state index in [-0.39, 0.29) is 53.1 Å². The van der Waals surface area contributed by atoms with Crippen LogP contribution in [0.2, 0.25) is 0 Å². The van der Waals surface area contributed by atoms with E-state index in [0.717, 1.165) is 23.6 Å². The monoisotopic (exact) mass is 681 g/mol. The first-order chi connectivity index (χ1) is 23.7. The molecule has 0 radical (unpaired) electrons. The molecule has 0 unspecified atom stereocenters. The van der Waals surface area contributed by atoms with Crippen molar-refractivity contribution in [2.45, 2.75) is 39.0 Å². The molecule has 49 heavy (non-hydrogen) atoms. The molecule has 0 saturated carbocycles. The van der Waals surface area contributed by atoms with E-state index >= 15 is 8.78 Å². The number of hydrogen-bond donors (Lipinski definition) is 1. The summed E-state index contributed by atoms with van der Waals surface area (Å²) in [6.07, 6.45) is 2.13. The zero-order valence-corrected chi connectivity index (χ0v) is 26.7. The van der Waals surface area contributed by atoms with Crippen LogP contribution in [0.5, 0.6) is 5.88 Å². The molecule has 0 aliphatic carbocycles. The maximum Gasteiger partial charge on any atom is 0.335 e. The topological polar surface area (TPSA) is 112 Å². The Balaban J connectivity index is 1.08. The molecular formula is C36H26F3N5O4S. The summed E-state index contributed by atoms with van der Waals surface area (Å²) in [5, 5.41) is 12.2. The molecule has 6 aromatic rings. The minimum absolute atomic E-state index is 0.0258. The number of benzene rings is 2. The van der Waals surface area contributed by atoms with Gasteiger partial charge in [0.2, 0.25) is 5.88 Å². The second-order valence-electron chi connectivity index (χ2n) is 11.3. The molecule has 1 atom stereocenters. The molecule has 0 bridgehead atoms. The molecule has 1 aliphatic rings. The molecule has 0 amide bonds. The van der Waals surface area contributed by atoms with Crippen molar-refractivity contribution in [1.82, 2.24) is 24.5 Å². The molecule has 1 fully saturated rings. The number of carbonyl (C=O) groups is 1. The van der Waals surface area contributed by atoms with Gasteiger partial charge in [0.05, 0.1) is 39.9 Å². The lowest BCUT2D eigenvalue weighted by Crippen LogP contribution is -2.31. The third-order valence-electron chi connectivity index (χ3n) is 7.97. The van der Waals surface area contributed by atoms with Gasteiger partial charge in [0.25, 0.3) is 0 Å². The molecule has 5 heterocycles. The summed E-state index contributed by atoms with van der Waals surface area (Å²) in [7, 11) is 0. The first-order valence-corrected chi connectivity index (χ1v) is 16.1. The highest BCUT2D eigenvalue weighted by Gasteiger charge is 2.24. The van der Waals surface area contributed by atoms with Gasteiger partial charge in [-0.2, -0.15) is 0 Å². The van der Waals surface area contributed by atoms with Crippen LogP contribution in [0.1, 0.15) is 50.1 Å². The number of carboxylic acids is 1. The van der Waals surface area contributed by atoms with E-state index in [2.05, 4.69) is 31.8 Å². The molecule has 7 rings (SSSR count). The molecule has 1 saturated heterocycles. The molecule has 246 valence electrons. The van der Waals surface area contributed by atoms with E-state index in [1.807, 2.05) is 12.3 Å². The Bertz CT molecular complexity index is 2290. The fourth-order valence-corrected chi connectivity index (χ4v) is 5.90. The van der Waals surface area contributed by atoms with Gasteiger partial charge in [-0.25, -0.2) is 32.9 Å². The molecule has 0 spiro atoms. The lowest BCUT2D eigenvalue weighted by Gasteiger charge is -2.27. The van der Waals surface area contributed by atoms with Crippen molar-refractivity contribution in [2.75, 3.05) is 6.61 Å². The zero-order chi connectivity index (χ0) is 34.1. The van der Waals surface area contributed by atoms with E-state index in [9.17, 15) is 14.3 Å². The number of fused-ring (bicyclic) bond motifs is 1. The summed E-state index contributed by atoms with van der Waals surface area (Å²) in [4.78, 5) is 28.9. The Morgan fingerprint density at radius 1 is 1.06 bits per heavy atom. The van der Waals surface area contributed by atoms with Gasteiger partial charge in [-0.1, -0.05) is 12.0 Å². The van der Waals surface area contributed by atoms with Crippen molar-refractivity contribution in [2.24, 2.45) is 0 Å². The number of carboxylic acid groups (broad SMARTS) is 1. The maximum absolute atomic E-state index is 15.6. The number of hydrogen-bond acceptors (Lipinski definition) is 8. The van der Waals surface area contributed by atoms with Crippen molar-refractivity contribution in [3.63, 3.8) is 0 Å². The fraction of sp³-hybridized carbons (Fsp3) is 0.194. The van der Waals surface area contributed by atoms with Gasteiger partial charge in [-0.3, -0.25) is 4.98 Å².